The summed E-state index contributed by atoms with van der Waals surface area (Å²) in [6.07, 6.45) is 4.03. The van der Waals surface area contributed by atoms with E-state index < -0.39 is 0 Å². The largest absolute Gasteiger partial charge is 0.347 e. The molecule has 0 N–H and O–H groups in total. The first-order chi connectivity index (χ1) is 7.49. The molecule has 1 aliphatic carbocycles. The lowest BCUT2D eigenvalue weighted by atomic mass is 9.74. The van der Waals surface area contributed by atoms with Crippen LogP contribution in [0.1, 0.15) is 41.0 Å². The minimum Gasteiger partial charge on any atom is -0.347 e. The normalized spacial score (nSPS) is 45.8. The van der Waals surface area contributed by atoms with Crippen molar-refractivity contribution in [3.63, 3.8) is 0 Å². The average Bonchev–Trinajstić information content (AvgIpc) is 2.44. The first kappa shape index (κ1) is 12.1. The summed E-state index contributed by atoms with van der Waals surface area (Å²) in [4.78, 5) is 0. The fourth-order valence-electron chi connectivity index (χ4n) is 3.16. The summed E-state index contributed by atoms with van der Waals surface area (Å²) >= 11 is 0. The molecule has 0 bridgehead atoms. The van der Waals surface area contributed by atoms with E-state index in [2.05, 4.69) is 40.7 Å². The smallest absolute Gasteiger partial charge is 0.162 e. The summed E-state index contributed by atoms with van der Waals surface area (Å²) in [5.74, 6) is 1.73. The van der Waals surface area contributed by atoms with Gasteiger partial charge in [0.1, 0.15) is 0 Å². The van der Waals surface area contributed by atoms with Gasteiger partial charge in [0.05, 0.1) is 12.2 Å². The second kappa shape index (κ2) is 4.50. The highest BCUT2D eigenvalue weighted by Crippen LogP contribution is 2.39. The van der Waals surface area contributed by atoms with Gasteiger partial charge in [-0.3, -0.25) is 0 Å². The molecule has 2 rings (SSSR count). The number of hydrogen-bond donors (Lipinski definition) is 0. The van der Waals surface area contributed by atoms with Crippen LogP contribution in [0.25, 0.3) is 0 Å². The summed E-state index contributed by atoms with van der Waals surface area (Å²) in [6, 6.07) is 0. The highest BCUT2D eigenvalue weighted by atomic mass is 16.7. The Morgan fingerprint density at radius 1 is 1.06 bits per heavy atom. The third-order valence-corrected chi connectivity index (χ3v) is 4.13. The van der Waals surface area contributed by atoms with Gasteiger partial charge in [-0.25, -0.2) is 0 Å². The maximum absolute atomic E-state index is 5.94. The molecule has 1 fully saturated rings. The molecule has 0 radical (unpaired) electrons. The van der Waals surface area contributed by atoms with Crippen molar-refractivity contribution in [1.29, 1.82) is 0 Å². The van der Waals surface area contributed by atoms with Gasteiger partial charge in [-0.2, -0.15) is 0 Å². The molecule has 1 saturated heterocycles. The van der Waals surface area contributed by atoms with Gasteiger partial charge in [0.15, 0.2) is 6.29 Å². The molecule has 0 aromatic heterocycles. The van der Waals surface area contributed by atoms with Crippen LogP contribution in [0.4, 0.5) is 0 Å². The topological polar surface area (TPSA) is 18.5 Å². The molecule has 2 aliphatic rings. The van der Waals surface area contributed by atoms with Gasteiger partial charge in [-0.15, -0.1) is 0 Å². The molecule has 0 unspecified atom stereocenters. The van der Waals surface area contributed by atoms with Crippen molar-refractivity contribution in [1.82, 2.24) is 0 Å². The Morgan fingerprint density at radius 3 is 2.12 bits per heavy atom. The van der Waals surface area contributed by atoms with Crippen molar-refractivity contribution in [2.45, 2.75) is 59.5 Å². The van der Waals surface area contributed by atoms with Crippen LogP contribution in [0.2, 0.25) is 0 Å². The monoisotopic (exact) mass is 224 g/mol. The van der Waals surface area contributed by atoms with E-state index >= 15 is 0 Å². The molecule has 2 nitrogen and oxygen atoms in total. The molecule has 2 heteroatoms. The first-order valence-electron chi connectivity index (χ1n) is 6.47. The molecule has 1 heterocycles. The third-order valence-electron chi connectivity index (χ3n) is 4.13. The fourth-order valence-corrected chi connectivity index (χ4v) is 3.16. The molecule has 0 aromatic carbocycles. The quantitative estimate of drug-likeness (QED) is 0.636. The molecule has 16 heavy (non-hydrogen) atoms. The van der Waals surface area contributed by atoms with Crippen LogP contribution in [0.3, 0.4) is 0 Å². The Labute approximate surface area is 99.0 Å². The van der Waals surface area contributed by atoms with E-state index in [4.69, 9.17) is 9.47 Å². The van der Waals surface area contributed by atoms with Crippen molar-refractivity contribution in [3.8, 4) is 0 Å². The first-order valence-corrected chi connectivity index (χ1v) is 6.47. The molecule has 0 saturated carbocycles. The van der Waals surface area contributed by atoms with Gasteiger partial charge < -0.3 is 9.47 Å². The van der Waals surface area contributed by atoms with E-state index in [1.807, 2.05) is 0 Å². The van der Waals surface area contributed by atoms with E-state index in [0.717, 1.165) is 0 Å². The fraction of sp³-hybridized carbons (Fsp3) is 0.857. The van der Waals surface area contributed by atoms with Gasteiger partial charge in [0, 0.05) is 5.92 Å². The second-order valence-electron chi connectivity index (χ2n) is 5.68. The Hall–Kier alpha value is -0.340. The minimum absolute atomic E-state index is 0.000602. The number of rotatable bonds is 1. The van der Waals surface area contributed by atoms with Crippen LogP contribution < -0.4 is 0 Å². The summed E-state index contributed by atoms with van der Waals surface area (Å²) in [7, 11) is 0. The maximum Gasteiger partial charge on any atom is 0.162 e. The van der Waals surface area contributed by atoms with Gasteiger partial charge in [0.25, 0.3) is 0 Å². The molecular formula is C14H24O2. The lowest BCUT2D eigenvalue weighted by molar-refractivity contribution is -0.125. The predicted molar refractivity (Wildman–Crippen MR) is 65.1 cm³/mol. The van der Waals surface area contributed by atoms with Crippen LogP contribution in [0.5, 0.6) is 0 Å². The lowest BCUT2D eigenvalue weighted by Gasteiger charge is -2.36. The zero-order valence-corrected chi connectivity index (χ0v) is 11.1. The average molecular weight is 224 g/mol. The van der Waals surface area contributed by atoms with E-state index in [1.165, 1.54) is 12.0 Å². The molecule has 0 amide bonds. The molecule has 92 valence electrons. The number of ether oxygens (including phenoxy) is 2. The van der Waals surface area contributed by atoms with Gasteiger partial charge in [0.2, 0.25) is 0 Å². The predicted octanol–water partition coefficient (Wildman–Crippen LogP) is 3.37. The summed E-state index contributed by atoms with van der Waals surface area (Å²) in [6.45, 7) is 11.0. The zero-order valence-electron chi connectivity index (χ0n) is 11.1. The SMILES string of the molecule is CC1=C[C@H](C)[C@H](C2O[C@H](C)[C@@H](C)O2)[C@H](C)C1. The maximum atomic E-state index is 5.94. The molecule has 1 aliphatic heterocycles. The van der Waals surface area contributed by atoms with Gasteiger partial charge in [-0.1, -0.05) is 25.5 Å². The summed E-state index contributed by atoms with van der Waals surface area (Å²) in [5, 5.41) is 0. The van der Waals surface area contributed by atoms with Crippen LogP contribution in [-0.2, 0) is 9.47 Å². The van der Waals surface area contributed by atoms with Crippen molar-refractivity contribution < 1.29 is 9.47 Å². The van der Waals surface area contributed by atoms with Crippen molar-refractivity contribution in [3.05, 3.63) is 11.6 Å². The van der Waals surface area contributed by atoms with E-state index in [9.17, 15) is 0 Å². The van der Waals surface area contributed by atoms with Crippen LogP contribution in [-0.4, -0.2) is 18.5 Å². The van der Waals surface area contributed by atoms with Gasteiger partial charge >= 0.3 is 0 Å². The molecular weight excluding hydrogens is 200 g/mol. The Morgan fingerprint density at radius 2 is 1.62 bits per heavy atom. The minimum atomic E-state index is -0.000602. The van der Waals surface area contributed by atoms with Crippen LogP contribution in [0.15, 0.2) is 11.6 Å². The molecule has 0 aromatic rings. The lowest BCUT2D eigenvalue weighted by Crippen LogP contribution is -2.35. The number of allylic oxidation sites excluding steroid dienone is 2. The zero-order chi connectivity index (χ0) is 11.9. The number of hydrogen-bond acceptors (Lipinski definition) is 2. The van der Waals surface area contributed by atoms with E-state index in [1.54, 1.807) is 0 Å². The Balaban J connectivity index is 2.09. The Kier molecular flexibility index (Phi) is 3.41. The van der Waals surface area contributed by atoms with E-state index in [-0.39, 0.29) is 18.5 Å². The highest BCUT2D eigenvalue weighted by Gasteiger charge is 2.41. The molecule has 5 atom stereocenters. The third kappa shape index (κ3) is 2.18. The summed E-state index contributed by atoms with van der Waals surface area (Å²) < 4.78 is 11.9. The highest BCUT2D eigenvalue weighted by molar-refractivity contribution is 5.09. The van der Waals surface area contributed by atoms with Crippen molar-refractivity contribution >= 4 is 0 Å². The van der Waals surface area contributed by atoms with Crippen LogP contribution in [0, 0.1) is 17.8 Å². The summed E-state index contributed by atoms with van der Waals surface area (Å²) in [5.41, 5.74) is 1.51. The second-order valence-corrected chi connectivity index (χ2v) is 5.68. The Bertz CT molecular complexity index is 274. The van der Waals surface area contributed by atoms with Crippen molar-refractivity contribution in [2.24, 2.45) is 17.8 Å². The van der Waals surface area contributed by atoms with Gasteiger partial charge in [-0.05, 0) is 39.0 Å². The molecule has 0 spiro atoms. The van der Waals surface area contributed by atoms with E-state index in [0.29, 0.717) is 17.8 Å². The van der Waals surface area contributed by atoms with Crippen molar-refractivity contribution in [2.75, 3.05) is 0 Å². The standard InChI is InChI=1S/C14H24O2/c1-8-6-9(2)13(10(3)7-8)14-15-11(4)12(5)16-14/h6,9-14H,7H2,1-5H3/t9-,10+,11+,12+,13-/m0/s1. The van der Waals surface area contributed by atoms with Crippen LogP contribution >= 0.6 is 0 Å².